The molecule has 1 fully saturated rings. The summed E-state index contributed by atoms with van der Waals surface area (Å²) in [5, 5.41) is 0. The number of nitrogens with zero attached hydrogens (tertiary/aromatic N) is 2. The van der Waals surface area contributed by atoms with Gasteiger partial charge in [-0.3, -0.25) is 14.3 Å². The van der Waals surface area contributed by atoms with Crippen LogP contribution in [0.1, 0.15) is 23.7 Å². The fourth-order valence-corrected chi connectivity index (χ4v) is 3.01. The highest BCUT2D eigenvalue weighted by molar-refractivity contribution is 5.31. The van der Waals surface area contributed by atoms with Gasteiger partial charge in [-0.1, -0.05) is 12.1 Å². The summed E-state index contributed by atoms with van der Waals surface area (Å²) < 4.78 is 6.53. The molecule has 2 heterocycles. The Morgan fingerprint density at radius 3 is 2.74 bits per heavy atom. The second-order valence-corrected chi connectivity index (χ2v) is 5.86. The summed E-state index contributed by atoms with van der Waals surface area (Å²) in [7, 11) is 1.66. The Balaban J connectivity index is 1.70. The zero-order chi connectivity index (χ0) is 16.4. The van der Waals surface area contributed by atoms with E-state index in [4.69, 9.17) is 4.74 Å². The van der Waals surface area contributed by atoms with Gasteiger partial charge in [-0.2, -0.15) is 0 Å². The minimum atomic E-state index is -0.339. The third kappa shape index (κ3) is 3.22. The van der Waals surface area contributed by atoms with Crippen LogP contribution in [-0.4, -0.2) is 34.7 Å². The number of nitrogens with one attached hydrogen (secondary N) is 1. The first-order chi connectivity index (χ1) is 11.1. The molecule has 0 amide bonds. The van der Waals surface area contributed by atoms with Gasteiger partial charge in [0.15, 0.2) is 0 Å². The minimum Gasteiger partial charge on any atom is -0.497 e. The molecule has 0 spiro atoms. The fraction of sp³-hybridized carbons (Fsp3) is 0.412. The smallest absolute Gasteiger partial charge is 0.328 e. The number of aryl methyl sites for hydroxylation is 1. The summed E-state index contributed by atoms with van der Waals surface area (Å²) in [4.78, 5) is 28.8. The standard InChI is InChI=1S/C17H21N3O3/c1-12-10-16(21)20(17(22)18-12)9-8-19-7-6-15(19)13-4-3-5-14(11-13)23-2/h3-5,10-11,15H,6-9H2,1-2H3,(H,18,22)/t15-/m0/s1. The average Bonchev–Trinajstić information content (AvgIpc) is 2.49. The molecule has 3 rings (SSSR count). The maximum Gasteiger partial charge on any atom is 0.328 e. The first-order valence-corrected chi connectivity index (χ1v) is 7.77. The maximum absolute atomic E-state index is 11.9. The Kier molecular flexibility index (Phi) is 4.34. The van der Waals surface area contributed by atoms with E-state index in [-0.39, 0.29) is 11.2 Å². The molecule has 0 saturated carbocycles. The molecule has 1 aromatic heterocycles. The van der Waals surface area contributed by atoms with Crippen LogP contribution in [0.15, 0.2) is 39.9 Å². The van der Waals surface area contributed by atoms with Gasteiger partial charge in [0.2, 0.25) is 0 Å². The van der Waals surface area contributed by atoms with Crippen LogP contribution < -0.4 is 16.0 Å². The number of benzene rings is 1. The normalized spacial score (nSPS) is 17.7. The molecule has 0 aliphatic carbocycles. The molecular weight excluding hydrogens is 294 g/mol. The molecule has 6 nitrogen and oxygen atoms in total. The summed E-state index contributed by atoms with van der Waals surface area (Å²) in [5.41, 5.74) is 1.22. The van der Waals surface area contributed by atoms with Crippen molar-refractivity contribution in [3.05, 3.63) is 62.4 Å². The van der Waals surface area contributed by atoms with Crippen molar-refractivity contribution in [1.29, 1.82) is 0 Å². The Hall–Kier alpha value is -2.34. The highest BCUT2D eigenvalue weighted by Crippen LogP contribution is 2.34. The van der Waals surface area contributed by atoms with Crippen molar-refractivity contribution in [2.24, 2.45) is 0 Å². The molecule has 1 N–H and O–H groups in total. The first-order valence-electron chi connectivity index (χ1n) is 7.77. The lowest BCUT2D eigenvalue weighted by Gasteiger charge is -2.41. The predicted molar refractivity (Wildman–Crippen MR) is 88.0 cm³/mol. The second kappa shape index (κ2) is 6.42. The van der Waals surface area contributed by atoms with Crippen LogP contribution in [0.4, 0.5) is 0 Å². The summed E-state index contributed by atoms with van der Waals surface area (Å²) in [5.74, 6) is 0.848. The fourth-order valence-electron chi connectivity index (χ4n) is 3.01. The average molecular weight is 315 g/mol. The Bertz CT molecular complexity index is 778. The van der Waals surface area contributed by atoms with Crippen molar-refractivity contribution in [2.45, 2.75) is 25.9 Å². The quantitative estimate of drug-likeness (QED) is 0.903. The van der Waals surface area contributed by atoms with Gasteiger partial charge in [0.05, 0.1) is 7.11 Å². The SMILES string of the molecule is COc1cccc([C@@H]2CCN2CCn2c(=O)cc(C)[nH]c2=O)c1. The van der Waals surface area contributed by atoms with E-state index >= 15 is 0 Å². The molecule has 0 radical (unpaired) electrons. The van der Waals surface area contributed by atoms with E-state index in [0.717, 1.165) is 18.7 Å². The van der Waals surface area contributed by atoms with E-state index in [2.05, 4.69) is 16.0 Å². The molecule has 23 heavy (non-hydrogen) atoms. The zero-order valence-corrected chi connectivity index (χ0v) is 13.4. The number of rotatable bonds is 5. The van der Waals surface area contributed by atoms with Crippen molar-refractivity contribution in [1.82, 2.24) is 14.5 Å². The van der Waals surface area contributed by atoms with Crippen LogP contribution >= 0.6 is 0 Å². The van der Waals surface area contributed by atoms with Crippen molar-refractivity contribution >= 4 is 0 Å². The van der Waals surface area contributed by atoms with Crippen LogP contribution in [0.5, 0.6) is 5.75 Å². The monoisotopic (exact) mass is 315 g/mol. The molecule has 1 saturated heterocycles. The van der Waals surface area contributed by atoms with Gasteiger partial charge in [-0.15, -0.1) is 0 Å². The summed E-state index contributed by atoms with van der Waals surface area (Å²) in [6, 6.07) is 9.83. The van der Waals surface area contributed by atoms with Gasteiger partial charge < -0.3 is 9.72 Å². The van der Waals surface area contributed by atoms with Crippen LogP contribution in [0.2, 0.25) is 0 Å². The third-order valence-corrected chi connectivity index (χ3v) is 4.38. The van der Waals surface area contributed by atoms with E-state index in [1.165, 1.54) is 16.2 Å². The topological polar surface area (TPSA) is 67.3 Å². The number of H-pyrrole nitrogens is 1. The predicted octanol–water partition coefficient (Wildman–Crippen LogP) is 1.30. The van der Waals surface area contributed by atoms with Gasteiger partial charge in [0.25, 0.3) is 5.56 Å². The number of ether oxygens (including phenoxy) is 1. The molecule has 1 aromatic carbocycles. The zero-order valence-electron chi connectivity index (χ0n) is 13.4. The molecule has 0 unspecified atom stereocenters. The third-order valence-electron chi connectivity index (χ3n) is 4.38. The van der Waals surface area contributed by atoms with Crippen molar-refractivity contribution < 1.29 is 4.74 Å². The molecular formula is C17H21N3O3. The second-order valence-electron chi connectivity index (χ2n) is 5.86. The van der Waals surface area contributed by atoms with Gasteiger partial charge >= 0.3 is 5.69 Å². The molecule has 122 valence electrons. The molecule has 1 aliphatic heterocycles. The number of hydrogen-bond acceptors (Lipinski definition) is 4. The maximum atomic E-state index is 11.9. The Morgan fingerprint density at radius 2 is 2.09 bits per heavy atom. The van der Waals surface area contributed by atoms with Gasteiger partial charge in [-0.05, 0) is 31.0 Å². The van der Waals surface area contributed by atoms with E-state index in [0.29, 0.717) is 24.8 Å². The molecule has 2 aromatic rings. The number of hydrogen-bond donors (Lipinski definition) is 1. The summed E-state index contributed by atoms with van der Waals surface area (Å²) in [6.07, 6.45) is 1.08. The van der Waals surface area contributed by atoms with Crippen molar-refractivity contribution in [3.8, 4) is 5.75 Å². The van der Waals surface area contributed by atoms with Crippen LogP contribution in [-0.2, 0) is 6.54 Å². The summed E-state index contributed by atoms with van der Waals surface area (Å²) >= 11 is 0. The lowest BCUT2D eigenvalue weighted by Crippen LogP contribution is -2.45. The van der Waals surface area contributed by atoms with Crippen molar-refractivity contribution in [2.75, 3.05) is 20.2 Å². The van der Waals surface area contributed by atoms with E-state index in [1.54, 1.807) is 14.0 Å². The highest BCUT2D eigenvalue weighted by Gasteiger charge is 2.29. The molecule has 6 heteroatoms. The van der Waals surface area contributed by atoms with E-state index in [1.807, 2.05) is 18.2 Å². The number of methoxy groups -OCH3 is 1. The summed E-state index contributed by atoms with van der Waals surface area (Å²) in [6.45, 7) is 3.75. The van der Waals surface area contributed by atoms with E-state index < -0.39 is 0 Å². The van der Waals surface area contributed by atoms with Crippen LogP contribution in [0.25, 0.3) is 0 Å². The minimum absolute atomic E-state index is 0.246. The Morgan fingerprint density at radius 1 is 1.26 bits per heavy atom. The number of aromatic amines is 1. The van der Waals surface area contributed by atoms with Gasteiger partial charge in [0, 0.05) is 37.4 Å². The molecule has 1 aliphatic rings. The van der Waals surface area contributed by atoms with Gasteiger partial charge in [-0.25, -0.2) is 4.79 Å². The largest absolute Gasteiger partial charge is 0.497 e. The van der Waals surface area contributed by atoms with Gasteiger partial charge in [0.1, 0.15) is 5.75 Å². The van der Waals surface area contributed by atoms with Crippen LogP contribution in [0.3, 0.4) is 0 Å². The lowest BCUT2D eigenvalue weighted by molar-refractivity contribution is 0.0853. The number of aromatic nitrogens is 2. The van der Waals surface area contributed by atoms with Crippen LogP contribution in [0, 0.1) is 6.92 Å². The lowest BCUT2D eigenvalue weighted by atomic mass is 9.94. The molecule has 1 atom stereocenters. The highest BCUT2D eigenvalue weighted by atomic mass is 16.5. The first kappa shape index (κ1) is 15.6. The van der Waals surface area contributed by atoms with Crippen molar-refractivity contribution in [3.63, 3.8) is 0 Å². The Labute approximate surface area is 134 Å². The van der Waals surface area contributed by atoms with E-state index in [9.17, 15) is 9.59 Å². The molecule has 0 bridgehead atoms. The number of likely N-dealkylation sites (tertiary alicyclic amines) is 1.